The molecule has 4 heteroatoms. The molecule has 1 aromatic rings. The molecular formula is C14H19BrN2O. The minimum atomic E-state index is 0.253. The number of carbonyl (C=O) groups excluding carboxylic acids is 1. The lowest BCUT2D eigenvalue weighted by Gasteiger charge is -2.30. The van der Waals surface area contributed by atoms with Gasteiger partial charge in [0.15, 0.2) is 0 Å². The fraction of sp³-hybridized carbons (Fsp3) is 0.500. The van der Waals surface area contributed by atoms with E-state index in [1.165, 1.54) is 5.56 Å². The largest absolute Gasteiger partial charge is 0.312 e. The van der Waals surface area contributed by atoms with Crippen LogP contribution in [0.15, 0.2) is 22.7 Å². The van der Waals surface area contributed by atoms with Crippen molar-refractivity contribution < 1.29 is 4.79 Å². The first kappa shape index (κ1) is 13.6. The van der Waals surface area contributed by atoms with Gasteiger partial charge in [0.05, 0.1) is 0 Å². The van der Waals surface area contributed by atoms with E-state index in [0.717, 1.165) is 36.1 Å². The first-order valence-electron chi connectivity index (χ1n) is 6.31. The third-order valence-electron chi connectivity index (χ3n) is 3.23. The molecule has 0 atom stereocenters. The number of aryl methyl sites for hydroxylation is 1. The summed E-state index contributed by atoms with van der Waals surface area (Å²) in [6.45, 7) is 1.82. The van der Waals surface area contributed by atoms with E-state index in [2.05, 4.69) is 41.0 Å². The van der Waals surface area contributed by atoms with Crippen molar-refractivity contribution >= 4 is 27.5 Å². The maximum Gasteiger partial charge on any atom is 0.227 e. The maximum absolute atomic E-state index is 12.0. The highest BCUT2D eigenvalue weighted by atomic mass is 79.9. The molecule has 1 aliphatic heterocycles. The minimum Gasteiger partial charge on any atom is -0.312 e. The number of carbonyl (C=O) groups is 1. The van der Waals surface area contributed by atoms with Crippen LogP contribution < -0.4 is 4.90 Å². The Morgan fingerprint density at radius 3 is 2.83 bits per heavy atom. The van der Waals surface area contributed by atoms with Crippen molar-refractivity contribution in [3.63, 3.8) is 0 Å². The molecule has 0 aromatic heterocycles. The molecule has 98 valence electrons. The molecule has 0 unspecified atom stereocenters. The minimum absolute atomic E-state index is 0.253. The normalized spacial score (nSPS) is 15.1. The van der Waals surface area contributed by atoms with Gasteiger partial charge in [-0.25, -0.2) is 0 Å². The third kappa shape index (κ3) is 3.12. The highest BCUT2D eigenvalue weighted by molar-refractivity contribution is 9.10. The standard InChI is InChI=1S/C14H19BrN2O/c1-16(2)8-3-9-17-13-6-5-12(15)10-11(13)4-7-14(17)18/h5-6,10H,3-4,7-9H2,1-2H3. The van der Waals surface area contributed by atoms with Crippen LogP contribution in [0.2, 0.25) is 0 Å². The van der Waals surface area contributed by atoms with Gasteiger partial charge in [0.1, 0.15) is 0 Å². The van der Waals surface area contributed by atoms with Gasteiger partial charge in [-0.2, -0.15) is 0 Å². The molecule has 0 N–H and O–H groups in total. The fourth-order valence-corrected chi connectivity index (χ4v) is 2.73. The predicted octanol–water partition coefficient (Wildman–Crippen LogP) is 2.68. The second-order valence-electron chi connectivity index (χ2n) is 4.98. The lowest BCUT2D eigenvalue weighted by Crippen LogP contribution is -2.36. The van der Waals surface area contributed by atoms with Crippen LogP contribution in [0.1, 0.15) is 18.4 Å². The number of halogens is 1. The molecule has 1 aliphatic rings. The molecule has 0 saturated carbocycles. The van der Waals surface area contributed by atoms with Crippen LogP contribution in [-0.2, 0) is 11.2 Å². The van der Waals surface area contributed by atoms with Crippen molar-refractivity contribution in [1.29, 1.82) is 0 Å². The van der Waals surface area contributed by atoms with Crippen LogP contribution in [0.5, 0.6) is 0 Å². The topological polar surface area (TPSA) is 23.6 Å². The average molecular weight is 311 g/mol. The SMILES string of the molecule is CN(C)CCCN1C(=O)CCc2cc(Br)ccc21. The summed E-state index contributed by atoms with van der Waals surface area (Å²) in [7, 11) is 4.12. The molecule has 0 aliphatic carbocycles. The van der Waals surface area contributed by atoms with Crippen LogP contribution >= 0.6 is 15.9 Å². The van der Waals surface area contributed by atoms with E-state index in [1.807, 2.05) is 17.0 Å². The molecular weight excluding hydrogens is 292 g/mol. The van der Waals surface area contributed by atoms with Gasteiger partial charge in [0, 0.05) is 23.1 Å². The Morgan fingerprint density at radius 2 is 2.11 bits per heavy atom. The van der Waals surface area contributed by atoms with E-state index in [0.29, 0.717) is 6.42 Å². The monoisotopic (exact) mass is 310 g/mol. The summed E-state index contributed by atoms with van der Waals surface area (Å²) in [6.07, 6.45) is 2.50. The van der Waals surface area contributed by atoms with Gasteiger partial charge in [-0.05, 0) is 57.2 Å². The Balaban J connectivity index is 2.12. The maximum atomic E-state index is 12.0. The molecule has 2 rings (SSSR count). The molecule has 0 bridgehead atoms. The summed E-state index contributed by atoms with van der Waals surface area (Å²) < 4.78 is 1.09. The Hall–Kier alpha value is -0.870. The number of nitrogens with zero attached hydrogens (tertiary/aromatic N) is 2. The van der Waals surface area contributed by atoms with Gasteiger partial charge < -0.3 is 9.80 Å². The zero-order valence-electron chi connectivity index (χ0n) is 10.9. The summed E-state index contributed by atoms with van der Waals surface area (Å²) >= 11 is 3.49. The van der Waals surface area contributed by atoms with Crippen LogP contribution in [0, 0.1) is 0 Å². The number of benzene rings is 1. The Bertz CT molecular complexity index is 445. The van der Waals surface area contributed by atoms with Crippen molar-refractivity contribution in [3.05, 3.63) is 28.2 Å². The van der Waals surface area contributed by atoms with Crippen molar-refractivity contribution in [2.75, 3.05) is 32.1 Å². The van der Waals surface area contributed by atoms with Gasteiger partial charge in [0.25, 0.3) is 0 Å². The molecule has 0 radical (unpaired) electrons. The number of hydrogen-bond donors (Lipinski definition) is 0. The van der Waals surface area contributed by atoms with Gasteiger partial charge in [-0.15, -0.1) is 0 Å². The van der Waals surface area contributed by atoms with Gasteiger partial charge in [-0.1, -0.05) is 15.9 Å². The van der Waals surface area contributed by atoms with E-state index >= 15 is 0 Å². The Morgan fingerprint density at radius 1 is 1.33 bits per heavy atom. The summed E-state index contributed by atoms with van der Waals surface area (Å²) in [5.74, 6) is 0.253. The average Bonchev–Trinajstić information content (AvgIpc) is 2.31. The van der Waals surface area contributed by atoms with Gasteiger partial charge >= 0.3 is 0 Å². The highest BCUT2D eigenvalue weighted by Gasteiger charge is 2.23. The molecule has 1 aromatic carbocycles. The predicted molar refractivity (Wildman–Crippen MR) is 78.0 cm³/mol. The van der Waals surface area contributed by atoms with Crippen molar-refractivity contribution in [2.24, 2.45) is 0 Å². The highest BCUT2D eigenvalue weighted by Crippen LogP contribution is 2.30. The second-order valence-corrected chi connectivity index (χ2v) is 5.89. The van der Waals surface area contributed by atoms with E-state index in [9.17, 15) is 4.79 Å². The Labute approximate surface area is 117 Å². The lowest BCUT2D eigenvalue weighted by atomic mass is 10.0. The summed E-state index contributed by atoms with van der Waals surface area (Å²) in [5, 5.41) is 0. The quantitative estimate of drug-likeness (QED) is 0.853. The molecule has 18 heavy (non-hydrogen) atoms. The smallest absolute Gasteiger partial charge is 0.227 e. The molecule has 0 saturated heterocycles. The van der Waals surface area contributed by atoms with Crippen molar-refractivity contribution in [2.45, 2.75) is 19.3 Å². The van der Waals surface area contributed by atoms with Crippen molar-refractivity contribution in [3.8, 4) is 0 Å². The fourth-order valence-electron chi connectivity index (χ4n) is 2.32. The first-order valence-corrected chi connectivity index (χ1v) is 7.11. The Kier molecular flexibility index (Phi) is 4.40. The number of rotatable bonds is 4. The second kappa shape index (κ2) is 5.85. The summed E-state index contributed by atoms with van der Waals surface area (Å²) in [4.78, 5) is 16.1. The van der Waals surface area contributed by atoms with Crippen LogP contribution in [0.3, 0.4) is 0 Å². The van der Waals surface area contributed by atoms with E-state index in [-0.39, 0.29) is 5.91 Å². The van der Waals surface area contributed by atoms with Gasteiger partial charge in [-0.3, -0.25) is 4.79 Å². The van der Waals surface area contributed by atoms with E-state index in [4.69, 9.17) is 0 Å². The van der Waals surface area contributed by atoms with Crippen LogP contribution in [-0.4, -0.2) is 38.0 Å². The summed E-state index contributed by atoms with van der Waals surface area (Å²) in [5.41, 5.74) is 2.36. The zero-order valence-corrected chi connectivity index (χ0v) is 12.5. The molecule has 0 spiro atoms. The zero-order chi connectivity index (χ0) is 13.1. The number of amides is 1. The molecule has 1 heterocycles. The van der Waals surface area contributed by atoms with Crippen LogP contribution in [0.4, 0.5) is 5.69 Å². The number of anilines is 1. The van der Waals surface area contributed by atoms with Gasteiger partial charge in [0.2, 0.25) is 5.91 Å². The van der Waals surface area contributed by atoms with E-state index < -0.39 is 0 Å². The first-order chi connectivity index (χ1) is 8.58. The van der Waals surface area contributed by atoms with Crippen molar-refractivity contribution in [1.82, 2.24) is 4.90 Å². The molecule has 3 nitrogen and oxygen atoms in total. The number of fused-ring (bicyclic) bond motifs is 1. The third-order valence-corrected chi connectivity index (χ3v) is 3.72. The molecule has 1 amide bonds. The lowest BCUT2D eigenvalue weighted by molar-refractivity contribution is -0.118. The molecule has 0 fully saturated rings. The summed E-state index contributed by atoms with van der Waals surface area (Å²) in [6, 6.07) is 6.18. The van der Waals surface area contributed by atoms with Crippen LogP contribution in [0.25, 0.3) is 0 Å². The van der Waals surface area contributed by atoms with E-state index in [1.54, 1.807) is 0 Å². The number of hydrogen-bond acceptors (Lipinski definition) is 2.